The van der Waals surface area contributed by atoms with Gasteiger partial charge in [-0.3, -0.25) is 4.90 Å². The Morgan fingerprint density at radius 3 is 2.38 bits per heavy atom. The van der Waals surface area contributed by atoms with Gasteiger partial charge in [0.2, 0.25) is 0 Å². The first-order valence-corrected chi connectivity index (χ1v) is 9.43. The molecular formula is C18H34N2O. The molecule has 2 N–H and O–H groups in total. The molecule has 3 aliphatic rings. The van der Waals surface area contributed by atoms with Gasteiger partial charge in [0, 0.05) is 31.8 Å². The summed E-state index contributed by atoms with van der Waals surface area (Å²) in [6, 6.07) is 1.49. The molecular weight excluding hydrogens is 260 g/mol. The number of aliphatic hydroxyl groups is 1. The van der Waals surface area contributed by atoms with Gasteiger partial charge >= 0.3 is 0 Å². The van der Waals surface area contributed by atoms with Crippen molar-refractivity contribution in [3.63, 3.8) is 0 Å². The van der Waals surface area contributed by atoms with E-state index >= 15 is 0 Å². The summed E-state index contributed by atoms with van der Waals surface area (Å²) >= 11 is 0. The maximum Gasteiger partial charge on any atom is 0.0434 e. The lowest BCUT2D eigenvalue weighted by Crippen LogP contribution is -2.54. The van der Waals surface area contributed by atoms with Crippen LogP contribution in [0.4, 0.5) is 0 Å². The van der Waals surface area contributed by atoms with Gasteiger partial charge in [0.1, 0.15) is 0 Å². The molecule has 1 aliphatic heterocycles. The Bertz CT molecular complexity index is 300. The highest BCUT2D eigenvalue weighted by molar-refractivity contribution is 4.88. The fraction of sp³-hybridized carbons (Fsp3) is 1.00. The SMILES string of the molecule is OCCC1CC(NCC2CCC2)CN(C2CCCCC2)C1. The maximum atomic E-state index is 9.33. The zero-order valence-corrected chi connectivity index (χ0v) is 13.6. The minimum atomic E-state index is 0.360. The molecule has 1 saturated heterocycles. The summed E-state index contributed by atoms with van der Waals surface area (Å²) in [7, 11) is 0. The van der Waals surface area contributed by atoms with E-state index in [9.17, 15) is 5.11 Å². The van der Waals surface area contributed by atoms with E-state index in [1.165, 1.54) is 77.4 Å². The van der Waals surface area contributed by atoms with Crippen LogP contribution in [0.2, 0.25) is 0 Å². The average Bonchev–Trinajstić information content (AvgIpc) is 2.47. The lowest BCUT2D eigenvalue weighted by atomic mass is 9.84. The van der Waals surface area contributed by atoms with Crippen molar-refractivity contribution in [2.75, 3.05) is 26.2 Å². The third-order valence-electron chi connectivity index (χ3n) is 6.11. The number of nitrogens with one attached hydrogen (secondary N) is 1. The van der Waals surface area contributed by atoms with Gasteiger partial charge in [-0.1, -0.05) is 25.7 Å². The van der Waals surface area contributed by atoms with E-state index in [4.69, 9.17) is 0 Å². The standard InChI is InChI=1S/C18H34N2O/c21-10-9-16-11-17(19-12-15-5-4-6-15)14-20(13-16)18-7-2-1-3-8-18/h15-19,21H,1-14H2. The third kappa shape index (κ3) is 4.43. The number of piperidine rings is 1. The van der Waals surface area contributed by atoms with Gasteiger partial charge in [0.05, 0.1) is 0 Å². The first-order chi connectivity index (χ1) is 10.3. The third-order valence-corrected chi connectivity index (χ3v) is 6.11. The minimum absolute atomic E-state index is 0.360. The second-order valence-electron chi connectivity index (χ2n) is 7.76. The van der Waals surface area contributed by atoms with E-state index in [2.05, 4.69) is 10.2 Å². The van der Waals surface area contributed by atoms with Crippen molar-refractivity contribution in [2.24, 2.45) is 11.8 Å². The Labute approximate surface area is 130 Å². The zero-order chi connectivity index (χ0) is 14.5. The van der Waals surface area contributed by atoms with Crippen LogP contribution >= 0.6 is 0 Å². The molecule has 3 nitrogen and oxygen atoms in total. The van der Waals surface area contributed by atoms with E-state index < -0.39 is 0 Å². The van der Waals surface area contributed by atoms with Gasteiger partial charge in [-0.2, -0.15) is 0 Å². The van der Waals surface area contributed by atoms with E-state index in [0.29, 0.717) is 18.6 Å². The van der Waals surface area contributed by atoms with Crippen molar-refractivity contribution in [1.29, 1.82) is 0 Å². The highest BCUT2D eigenvalue weighted by Crippen LogP contribution is 2.29. The van der Waals surface area contributed by atoms with E-state index in [0.717, 1.165) is 18.4 Å². The fourth-order valence-corrected chi connectivity index (χ4v) is 4.55. The van der Waals surface area contributed by atoms with Crippen LogP contribution in [0, 0.1) is 11.8 Å². The Hall–Kier alpha value is -0.120. The van der Waals surface area contributed by atoms with E-state index in [1.807, 2.05) is 0 Å². The topological polar surface area (TPSA) is 35.5 Å². The van der Waals surface area contributed by atoms with Crippen LogP contribution in [-0.4, -0.2) is 48.3 Å². The Kier molecular flexibility index (Phi) is 5.96. The Morgan fingerprint density at radius 1 is 0.905 bits per heavy atom. The molecule has 122 valence electrons. The van der Waals surface area contributed by atoms with E-state index in [1.54, 1.807) is 0 Å². The van der Waals surface area contributed by atoms with Gasteiger partial charge in [0.25, 0.3) is 0 Å². The quantitative estimate of drug-likeness (QED) is 0.791. The van der Waals surface area contributed by atoms with Crippen molar-refractivity contribution in [3.8, 4) is 0 Å². The highest BCUT2D eigenvalue weighted by Gasteiger charge is 2.32. The molecule has 21 heavy (non-hydrogen) atoms. The molecule has 0 spiro atoms. The van der Waals surface area contributed by atoms with Crippen molar-refractivity contribution >= 4 is 0 Å². The number of aliphatic hydroxyl groups excluding tert-OH is 1. The first-order valence-electron chi connectivity index (χ1n) is 9.43. The van der Waals surface area contributed by atoms with Crippen LogP contribution in [0.15, 0.2) is 0 Å². The van der Waals surface area contributed by atoms with E-state index in [-0.39, 0.29) is 0 Å². The average molecular weight is 294 g/mol. The maximum absolute atomic E-state index is 9.33. The number of hydrogen-bond acceptors (Lipinski definition) is 3. The Morgan fingerprint density at radius 2 is 1.71 bits per heavy atom. The second-order valence-corrected chi connectivity index (χ2v) is 7.76. The van der Waals surface area contributed by atoms with Gasteiger partial charge in [-0.05, 0) is 56.9 Å². The summed E-state index contributed by atoms with van der Waals surface area (Å²) in [6.07, 6.45) is 13.7. The monoisotopic (exact) mass is 294 g/mol. The lowest BCUT2D eigenvalue weighted by Gasteiger charge is -2.44. The fourth-order valence-electron chi connectivity index (χ4n) is 4.55. The molecule has 2 aliphatic carbocycles. The predicted molar refractivity (Wildman–Crippen MR) is 87.4 cm³/mol. The first kappa shape index (κ1) is 15.8. The van der Waals surface area contributed by atoms with Crippen LogP contribution in [-0.2, 0) is 0 Å². The molecule has 2 saturated carbocycles. The molecule has 2 atom stereocenters. The molecule has 0 aromatic rings. The number of hydrogen-bond donors (Lipinski definition) is 2. The van der Waals surface area contributed by atoms with Gasteiger partial charge in [0.15, 0.2) is 0 Å². The molecule has 3 rings (SSSR count). The number of rotatable bonds is 6. The van der Waals surface area contributed by atoms with Gasteiger partial charge < -0.3 is 10.4 Å². The zero-order valence-electron chi connectivity index (χ0n) is 13.6. The summed E-state index contributed by atoms with van der Waals surface area (Å²) in [4.78, 5) is 2.77. The smallest absolute Gasteiger partial charge is 0.0434 e. The van der Waals surface area contributed by atoms with Gasteiger partial charge in [-0.25, -0.2) is 0 Å². The molecule has 3 heteroatoms. The number of likely N-dealkylation sites (tertiary alicyclic amines) is 1. The molecule has 2 unspecified atom stereocenters. The summed E-state index contributed by atoms with van der Waals surface area (Å²) < 4.78 is 0. The summed E-state index contributed by atoms with van der Waals surface area (Å²) in [6.45, 7) is 4.07. The largest absolute Gasteiger partial charge is 0.396 e. The second kappa shape index (κ2) is 7.94. The molecule has 1 heterocycles. The molecule has 0 aromatic carbocycles. The summed E-state index contributed by atoms with van der Waals surface area (Å²) in [5.41, 5.74) is 0. The molecule has 3 fully saturated rings. The molecule has 0 amide bonds. The summed E-state index contributed by atoms with van der Waals surface area (Å²) in [5, 5.41) is 13.2. The van der Waals surface area contributed by atoms with Crippen LogP contribution in [0.1, 0.15) is 64.2 Å². The number of nitrogens with zero attached hydrogens (tertiary/aromatic N) is 1. The lowest BCUT2D eigenvalue weighted by molar-refractivity contribution is 0.0654. The van der Waals surface area contributed by atoms with Gasteiger partial charge in [-0.15, -0.1) is 0 Å². The summed E-state index contributed by atoms with van der Waals surface area (Å²) in [5.74, 6) is 1.65. The molecule has 0 aromatic heterocycles. The minimum Gasteiger partial charge on any atom is -0.396 e. The van der Waals surface area contributed by atoms with Crippen LogP contribution in [0.25, 0.3) is 0 Å². The highest BCUT2D eigenvalue weighted by atomic mass is 16.3. The van der Waals surface area contributed by atoms with Crippen LogP contribution < -0.4 is 5.32 Å². The van der Waals surface area contributed by atoms with Crippen LogP contribution in [0.5, 0.6) is 0 Å². The Balaban J connectivity index is 1.51. The van der Waals surface area contributed by atoms with Crippen molar-refractivity contribution in [3.05, 3.63) is 0 Å². The van der Waals surface area contributed by atoms with Crippen molar-refractivity contribution in [2.45, 2.75) is 76.3 Å². The normalized spacial score (nSPS) is 33.0. The molecule has 0 radical (unpaired) electrons. The predicted octanol–water partition coefficient (Wildman–Crippen LogP) is 2.78. The van der Waals surface area contributed by atoms with Crippen molar-refractivity contribution in [1.82, 2.24) is 10.2 Å². The van der Waals surface area contributed by atoms with Crippen molar-refractivity contribution < 1.29 is 5.11 Å². The van der Waals surface area contributed by atoms with Crippen LogP contribution in [0.3, 0.4) is 0 Å². The molecule has 0 bridgehead atoms.